The minimum Gasteiger partial charge on any atom is -0.478 e. The number of nitrogens with one attached hydrogen (secondary N) is 1. The van der Waals surface area contributed by atoms with E-state index in [-0.39, 0.29) is 5.56 Å². The van der Waals surface area contributed by atoms with Crippen molar-refractivity contribution < 1.29 is 14.6 Å². The third kappa shape index (κ3) is 4.89. The second-order valence-electron chi connectivity index (χ2n) is 3.75. The summed E-state index contributed by atoms with van der Waals surface area (Å²) in [6, 6.07) is 1.38. The number of carboxylic acids is 1. The SMILES string of the molecule is CCCOCCCNc1ncc(C(=O)O)cc1Cl. The third-order valence-electron chi connectivity index (χ3n) is 2.19. The van der Waals surface area contributed by atoms with E-state index in [0.29, 0.717) is 24.0 Å². The molecular weight excluding hydrogens is 256 g/mol. The van der Waals surface area contributed by atoms with Crippen molar-refractivity contribution in [1.82, 2.24) is 4.98 Å². The Morgan fingerprint density at radius 2 is 2.33 bits per heavy atom. The highest BCUT2D eigenvalue weighted by Crippen LogP contribution is 2.19. The first-order valence-corrected chi connectivity index (χ1v) is 6.23. The van der Waals surface area contributed by atoms with Gasteiger partial charge in [-0.1, -0.05) is 18.5 Å². The Morgan fingerprint density at radius 3 is 2.94 bits per heavy atom. The highest BCUT2D eigenvalue weighted by molar-refractivity contribution is 6.33. The van der Waals surface area contributed by atoms with Gasteiger partial charge in [0.25, 0.3) is 0 Å². The quantitative estimate of drug-likeness (QED) is 0.712. The minimum absolute atomic E-state index is 0.0804. The van der Waals surface area contributed by atoms with E-state index >= 15 is 0 Å². The maximum atomic E-state index is 10.7. The first-order valence-electron chi connectivity index (χ1n) is 5.85. The molecule has 0 unspecified atom stereocenters. The molecule has 0 bridgehead atoms. The van der Waals surface area contributed by atoms with Crippen LogP contribution in [0.25, 0.3) is 0 Å². The fourth-order valence-electron chi connectivity index (χ4n) is 1.31. The summed E-state index contributed by atoms with van der Waals surface area (Å²) in [5, 5.41) is 12.1. The predicted octanol–water partition coefficient (Wildman–Crippen LogP) is 2.66. The molecule has 18 heavy (non-hydrogen) atoms. The smallest absolute Gasteiger partial charge is 0.337 e. The molecule has 6 heteroatoms. The number of ether oxygens (including phenoxy) is 1. The summed E-state index contributed by atoms with van der Waals surface area (Å²) < 4.78 is 5.33. The lowest BCUT2D eigenvalue weighted by atomic mass is 10.3. The van der Waals surface area contributed by atoms with Crippen molar-refractivity contribution in [2.24, 2.45) is 0 Å². The van der Waals surface area contributed by atoms with Crippen LogP contribution in [0.2, 0.25) is 5.02 Å². The Labute approximate surface area is 111 Å². The van der Waals surface area contributed by atoms with Crippen LogP contribution in [0, 0.1) is 0 Å². The molecule has 2 N–H and O–H groups in total. The Balaban J connectivity index is 2.36. The number of carboxylic acid groups (broad SMARTS) is 1. The van der Waals surface area contributed by atoms with Gasteiger partial charge in [-0.2, -0.15) is 0 Å². The van der Waals surface area contributed by atoms with Gasteiger partial charge in [0.2, 0.25) is 0 Å². The van der Waals surface area contributed by atoms with E-state index in [4.69, 9.17) is 21.4 Å². The van der Waals surface area contributed by atoms with Crippen molar-refractivity contribution in [3.8, 4) is 0 Å². The lowest BCUT2D eigenvalue weighted by Crippen LogP contribution is -2.08. The zero-order valence-corrected chi connectivity index (χ0v) is 11.0. The summed E-state index contributed by atoms with van der Waals surface area (Å²) in [5.41, 5.74) is 0.0804. The van der Waals surface area contributed by atoms with Crippen LogP contribution in [0.3, 0.4) is 0 Å². The van der Waals surface area contributed by atoms with E-state index in [1.54, 1.807) is 0 Å². The molecule has 1 aromatic rings. The van der Waals surface area contributed by atoms with E-state index in [9.17, 15) is 4.79 Å². The Morgan fingerprint density at radius 1 is 1.56 bits per heavy atom. The van der Waals surface area contributed by atoms with Crippen LogP contribution in [-0.4, -0.2) is 35.8 Å². The van der Waals surface area contributed by atoms with Crippen molar-refractivity contribution in [2.75, 3.05) is 25.1 Å². The maximum Gasteiger partial charge on any atom is 0.337 e. The normalized spacial score (nSPS) is 10.3. The molecule has 1 aromatic heterocycles. The second-order valence-corrected chi connectivity index (χ2v) is 4.16. The number of hydrogen-bond donors (Lipinski definition) is 2. The van der Waals surface area contributed by atoms with E-state index in [1.807, 2.05) is 0 Å². The molecule has 0 saturated heterocycles. The highest BCUT2D eigenvalue weighted by atomic mass is 35.5. The van der Waals surface area contributed by atoms with Crippen LogP contribution in [-0.2, 0) is 4.74 Å². The van der Waals surface area contributed by atoms with Crippen LogP contribution in [0.15, 0.2) is 12.3 Å². The molecular formula is C12H17ClN2O3. The molecule has 0 saturated carbocycles. The van der Waals surface area contributed by atoms with Crippen LogP contribution < -0.4 is 5.32 Å². The first-order chi connectivity index (χ1) is 8.65. The third-order valence-corrected chi connectivity index (χ3v) is 2.48. The molecule has 0 spiro atoms. The average Bonchev–Trinajstić information content (AvgIpc) is 2.35. The molecule has 1 heterocycles. The zero-order valence-electron chi connectivity index (χ0n) is 10.3. The number of hydrogen-bond acceptors (Lipinski definition) is 4. The highest BCUT2D eigenvalue weighted by Gasteiger charge is 2.07. The zero-order chi connectivity index (χ0) is 13.4. The summed E-state index contributed by atoms with van der Waals surface area (Å²) in [7, 11) is 0. The number of halogens is 1. The summed E-state index contributed by atoms with van der Waals surface area (Å²) in [6.45, 7) is 4.20. The first kappa shape index (κ1) is 14.7. The molecule has 0 fully saturated rings. The van der Waals surface area contributed by atoms with Crippen molar-refractivity contribution >= 4 is 23.4 Å². The molecule has 0 atom stereocenters. The summed E-state index contributed by atoms with van der Waals surface area (Å²) >= 11 is 5.92. The molecule has 0 aromatic carbocycles. The summed E-state index contributed by atoms with van der Waals surface area (Å²) in [6.07, 6.45) is 3.14. The Hall–Kier alpha value is -1.33. The van der Waals surface area contributed by atoms with Gasteiger partial charge in [0.05, 0.1) is 10.6 Å². The second kappa shape index (κ2) is 7.89. The predicted molar refractivity (Wildman–Crippen MR) is 70.4 cm³/mol. The Bertz CT molecular complexity index is 399. The molecule has 0 aliphatic rings. The van der Waals surface area contributed by atoms with Gasteiger partial charge in [-0.05, 0) is 18.9 Å². The number of nitrogens with zero attached hydrogens (tertiary/aromatic N) is 1. The molecule has 1 rings (SSSR count). The number of rotatable bonds is 8. The minimum atomic E-state index is -1.04. The van der Waals surface area contributed by atoms with Gasteiger partial charge in [0.1, 0.15) is 5.82 Å². The number of carbonyl (C=O) groups is 1. The lowest BCUT2D eigenvalue weighted by molar-refractivity contribution is 0.0696. The molecule has 5 nitrogen and oxygen atoms in total. The van der Waals surface area contributed by atoms with Gasteiger partial charge in [-0.3, -0.25) is 0 Å². The number of anilines is 1. The van der Waals surface area contributed by atoms with Gasteiger partial charge in [0, 0.05) is 26.0 Å². The molecule has 100 valence electrons. The van der Waals surface area contributed by atoms with Crippen molar-refractivity contribution in [1.29, 1.82) is 0 Å². The van der Waals surface area contributed by atoms with Crippen LogP contribution >= 0.6 is 11.6 Å². The molecule has 0 amide bonds. The van der Waals surface area contributed by atoms with Gasteiger partial charge in [-0.15, -0.1) is 0 Å². The monoisotopic (exact) mass is 272 g/mol. The molecule has 0 radical (unpaired) electrons. The largest absolute Gasteiger partial charge is 0.478 e. The standard InChI is InChI=1S/C12H17ClN2O3/c1-2-5-18-6-3-4-14-11-10(13)7-9(8-15-11)12(16)17/h7-8H,2-6H2,1H3,(H,14,15)(H,16,17). The van der Waals surface area contributed by atoms with Gasteiger partial charge < -0.3 is 15.2 Å². The topological polar surface area (TPSA) is 71.5 Å². The van der Waals surface area contributed by atoms with Crippen LogP contribution in [0.5, 0.6) is 0 Å². The molecule has 0 aliphatic heterocycles. The van der Waals surface area contributed by atoms with E-state index in [0.717, 1.165) is 19.4 Å². The van der Waals surface area contributed by atoms with Crippen LogP contribution in [0.1, 0.15) is 30.1 Å². The van der Waals surface area contributed by atoms with E-state index in [2.05, 4.69) is 17.2 Å². The number of pyridine rings is 1. The van der Waals surface area contributed by atoms with Crippen molar-refractivity contribution in [3.63, 3.8) is 0 Å². The fraction of sp³-hybridized carbons (Fsp3) is 0.500. The summed E-state index contributed by atoms with van der Waals surface area (Å²) in [4.78, 5) is 14.7. The van der Waals surface area contributed by atoms with E-state index in [1.165, 1.54) is 12.3 Å². The van der Waals surface area contributed by atoms with E-state index < -0.39 is 5.97 Å². The van der Waals surface area contributed by atoms with Gasteiger partial charge >= 0.3 is 5.97 Å². The lowest BCUT2D eigenvalue weighted by Gasteiger charge is -2.08. The van der Waals surface area contributed by atoms with Gasteiger partial charge in [0.15, 0.2) is 0 Å². The maximum absolute atomic E-state index is 10.7. The van der Waals surface area contributed by atoms with Crippen LogP contribution in [0.4, 0.5) is 5.82 Å². The fourth-order valence-corrected chi connectivity index (χ4v) is 1.55. The molecule has 0 aliphatic carbocycles. The number of aromatic carboxylic acids is 1. The van der Waals surface area contributed by atoms with Crippen molar-refractivity contribution in [3.05, 3.63) is 22.8 Å². The number of aromatic nitrogens is 1. The summed E-state index contributed by atoms with van der Waals surface area (Å²) in [5.74, 6) is -0.541. The van der Waals surface area contributed by atoms with Gasteiger partial charge in [-0.25, -0.2) is 9.78 Å². The van der Waals surface area contributed by atoms with Crippen molar-refractivity contribution in [2.45, 2.75) is 19.8 Å². The Kier molecular flexibility index (Phi) is 6.46. The average molecular weight is 273 g/mol.